The van der Waals surface area contributed by atoms with E-state index in [1.54, 1.807) is 20.2 Å². The fourth-order valence-corrected chi connectivity index (χ4v) is 6.57. The molecule has 2 fully saturated rings. The van der Waals surface area contributed by atoms with Gasteiger partial charge in [0.1, 0.15) is 0 Å². The Morgan fingerprint density at radius 1 is 0.902 bits per heavy atom. The Kier molecular flexibility index (Phi) is 9.73. The molecule has 4 rings (SSSR count). The summed E-state index contributed by atoms with van der Waals surface area (Å²) in [5.74, 6) is -0.817. The molecule has 0 saturated carbocycles. The van der Waals surface area contributed by atoms with Crippen LogP contribution < -0.4 is 4.90 Å². The van der Waals surface area contributed by atoms with Gasteiger partial charge in [0.05, 0.1) is 10.6 Å². The van der Waals surface area contributed by atoms with E-state index in [1.807, 2.05) is 12.1 Å². The average molecular weight is 635 g/mol. The molecule has 2 amide bonds. The van der Waals surface area contributed by atoms with Gasteiger partial charge < -0.3 is 19.8 Å². The van der Waals surface area contributed by atoms with E-state index >= 15 is 0 Å². The Hall–Kier alpha value is -2.20. The first-order chi connectivity index (χ1) is 19.2. The van der Waals surface area contributed by atoms with Crippen molar-refractivity contribution in [3.63, 3.8) is 0 Å². The van der Waals surface area contributed by atoms with Crippen molar-refractivity contribution in [1.29, 1.82) is 0 Å². The molecule has 6 nitrogen and oxygen atoms in total. The lowest BCUT2D eigenvalue weighted by Gasteiger charge is -2.40. The van der Waals surface area contributed by atoms with E-state index in [4.69, 9.17) is 34.8 Å². The molecule has 12 heteroatoms. The van der Waals surface area contributed by atoms with Gasteiger partial charge in [-0.05, 0) is 80.3 Å². The lowest BCUT2D eigenvalue weighted by molar-refractivity contribution is -0.262. The zero-order valence-electron chi connectivity index (χ0n) is 22.9. The van der Waals surface area contributed by atoms with Gasteiger partial charge in [-0.3, -0.25) is 9.59 Å². The van der Waals surface area contributed by atoms with E-state index in [-0.39, 0.29) is 35.0 Å². The fourth-order valence-electron chi connectivity index (χ4n) is 5.79. The number of benzene rings is 2. The second-order valence-corrected chi connectivity index (χ2v) is 12.4. The standard InChI is InChI=1S/C29H33Cl3F3N3O3/c1-36(2)26(39)24-4-3-23(17-25(24)32)37-9-5-18(6-10-37)13-19-7-11-38(12-8-19)27(40)28(41,29(33,34)35)20-14-21(30)16-22(31)15-20/h3-4,14-19,41H,5-13H2,1-2H3. The van der Waals surface area contributed by atoms with Crippen LogP contribution in [-0.4, -0.2) is 73.2 Å². The van der Waals surface area contributed by atoms with Crippen LogP contribution in [0.3, 0.4) is 0 Å². The summed E-state index contributed by atoms with van der Waals surface area (Å²) in [7, 11) is 3.36. The van der Waals surface area contributed by atoms with Crippen molar-refractivity contribution in [3.05, 3.63) is 62.6 Å². The molecule has 0 aromatic heterocycles. The summed E-state index contributed by atoms with van der Waals surface area (Å²) >= 11 is 18.1. The Bertz CT molecular complexity index is 1260. The molecule has 224 valence electrons. The number of carbonyl (C=O) groups excluding carboxylic acids is 2. The minimum atomic E-state index is -5.25. The number of hydrogen-bond acceptors (Lipinski definition) is 4. The summed E-state index contributed by atoms with van der Waals surface area (Å²) in [5.41, 5.74) is -3.00. The van der Waals surface area contributed by atoms with Crippen molar-refractivity contribution >= 4 is 52.3 Å². The number of carbonyl (C=O) groups is 2. The molecule has 2 aromatic carbocycles. The molecule has 41 heavy (non-hydrogen) atoms. The first-order valence-corrected chi connectivity index (χ1v) is 14.6. The SMILES string of the molecule is CN(C)C(=O)c1ccc(N2CCC(CC3CCN(C(=O)C(O)(c4cc(Cl)cc(Cl)c4)C(F)(F)F)CC3)CC2)cc1Cl. The third kappa shape index (κ3) is 6.90. The summed E-state index contributed by atoms with van der Waals surface area (Å²) in [6.45, 7) is 1.93. The summed E-state index contributed by atoms with van der Waals surface area (Å²) in [6.07, 6.45) is -1.28. The molecule has 2 saturated heterocycles. The molecule has 1 atom stereocenters. The lowest BCUT2D eigenvalue weighted by Crippen LogP contribution is -2.57. The molecule has 2 aliphatic rings. The van der Waals surface area contributed by atoms with E-state index in [0.717, 1.165) is 55.1 Å². The number of alkyl halides is 3. The minimum absolute atomic E-state index is 0.104. The third-order valence-electron chi connectivity index (χ3n) is 8.14. The number of amides is 2. The fraction of sp³-hybridized carbons (Fsp3) is 0.517. The van der Waals surface area contributed by atoms with Crippen LogP contribution in [0.4, 0.5) is 18.9 Å². The number of hydrogen-bond donors (Lipinski definition) is 1. The third-order valence-corrected chi connectivity index (χ3v) is 8.89. The molecular formula is C29H33Cl3F3N3O3. The van der Waals surface area contributed by atoms with Gasteiger partial charge in [0.2, 0.25) is 0 Å². The highest BCUT2D eigenvalue weighted by Crippen LogP contribution is 2.43. The van der Waals surface area contributed by atoms with E-state index in [9.17, 15) is 27.9 Å². The number of anilines is 1. The zero-order chi connectivity index (χ0) is 30.1. The van der Waals surface area contributed by atoms with Gasteiger partial charge in [0.25, 0.3) is 17.4 Å². The molecule has 1 N–H and O–H groups in total. The van der Waals surface area contributed by atoms with Crippen molar-refractivity contribution < 1.29 is 27.9 Å². The number of halogens is 6. The second kappa shape index (κ2) is 12.6. The first-order valence-electron chi connectivity index (χ1n) is 13.5. The van der Waals surface area contributed by atoms with Gasteiger partial charge in [0, 0.05) is 61.6 Å². The molecular weight excluding hydrogens is 602 g/mol. The van der Waals surface area contributed by atoms with Gasteiger partial charge in [0.15, 0.2) is 0 Å². The highest BCUT2D eigenvalue weighted by Gasteiger charge is 2.62. The van der Waals surface area contributed by atoms with Crippen LogP contribution in [0.1, 0.15) is 48.0 Å². The maximum Gasteiger partial charge on any atom is 0.430 e. The topological polar surface area (TPSA) is 64.1 Å². The maximum absolute atomic E-state index is 14.1. The smallest absolute Gasteiger partial charge is 0.371 e. The van der Waals surface area contributed by atoms with Crippen molar-refractivity contribution in [2.45, 2.75) is 43.9 Å². The quantitative estimate of drug-likeness (QED) is 0.387. The van der Waals surface area contributed by atoms with Crippen molar-refractivity contribution in [2.24, 2.45) is 11.8 Å². The molecule has 2 aliphatic heterocycles. The Morgan fingerprint density at radius 3 is 1.93 bits per heavy atom. The molecule has 0 bridgehead atoms. The van der Waals surface area contributed by atoms with Crippen molar-refractivity contribution in [3.8, 4) is 0 Å². The zero-order valence-corrected chi connectivity index (χ0v) is 25.1. The predicted octanol–water partition coefficient (Wildman–Crippen LogP) is 6.64. The Labute approximate surface area is 252 Å². The van der Waals surface area contributed by atoms with Crippen LogP contribution in [0.2, 0.25) is 15.1 Å². The van der Waals surface area contributed by atoms with Crippen LogP contribution in [0.5, 0.6) is 0 Å². The van der Waals surface area contributed by atoms with Crippen molar-refractivity contribution in [2.75, 3.05) is 45.2 Å². The molecule has 0 spiro atoms. The van der Waals surface area contributed by atoms with Crippen LogP contribution in [0.15, 0.2) is 36.4 Å². The molecule has 1 unspecified atom stereocenters. The van der Waals surface area contributed by atoms with Crippen LogP contribution in [0, 0.1) is 11.8 Å². The Morgan fingerprint density at radius 2 is 1.44 bits per heavy atom. The predicted molar refractivity (Wildman–Crippen MR) is 155 cm³/mol. The molecule has 0 aliphatic carbocycles. The highest BCUT2D eigenvalue weighted by molar-refractivity contribution is 6.35. The largest absolute Gasteiger partial charge is 0.430 e. The number of aliphatic hydroxyl groups is 1. The maximum atomic E-state index is 14.1. The normalized spacial score (nSPS) is 18.8. The van der Waals surface area contributed by atoms with Gasteiger partial charge in [-0.2, -0.15) is 13.2 Å². The Balaban J connectivity index is 1.32. The van der Waals surface area contributed by atoms with Gasteiger partial charge in [-0.25, -0.2) is 0 Å². The summed E-state index contributed by atoms with van der Waals surface area (Å²) in [5, 5.41) is 11.0. The van der Waals surface area contributed by atoms with E-state index < -0.39 is 23.2 Å². The highest BCUT2D eigenvalue weighted by atomic mass is 35.5. The van der Waals surface area contributed by atoms with Crippen molar-refractivity contribution in [1.82, 2.24) is 9.80 Å². The lowest BCUT2D eigenvalue weighted by atomic mass is 9.82. The van der Waals surface area contributed by atoms with Gasteiger partial charge >= 0.3 is 6.18 Å². The first kappa shape index (κ1) is 31.7. The number of likely N-dealkylation sites (tertiary alicyclic amines) is 1. The summed E-state index contributed by atoms with van der Waals surface area (Å²) in [6, 6.07) is 8.57. The van der Waals surface area contributed by atoms with E-state index in [1.165, 1.54) is 11.0 Å². The van der Waals surface area contributed by atoms with E-state index in [0.29, 0.717) is 29.3 Å². The van der Waals surface area contributed by atoms with Crippen LogP contribution >= 0.6 is 34.8 Å². The monoisotopic (exact) mass is 633 g/mol. The van der Waals surface area contributed by atoms with Crippen LogP contribution in [0.25, 0.3) is 0 Å². The number of nitrogens with zero attached hydrogens (tertiary/aromatic N) is 3. The average Bonchev–Trinajstić information content (AvgIpc) is 2.91. The van der Waals surface area contributed by atoms with Gasteiger partial charge in [-0.15, -0.1) is 0 Å². The summed E-state index contributed by atoms with van der Waals surface area (Å²) < 4.78 is 42.3. The number of piperidine rings is 2. The summed E-state index contributed by atoms with van der Waals surface area (Å²) in [4.78, 5) is 30.2. The van der Waals surface area contributed by atoms with Crippen LogP contribution in [-0.2, 0) is 10.4 Å². The molecule has 0 radical (unpaired) electrons. The minimum Gasteiger partial charge on any atom is -0.371 e. The van der Waals surface area contributed by atoms with E-state index in [2.05, 4.69) is 4.90 Å². The number of rotatable bonds is 6. The van der Waals surface area contributed by atoms with Gasteiger partial charge in [-0.1, -0.05) is 34.8 Å². The molecule has 2 aromatic rings. The second-order valence-electron chi connectivity index (χ2n) is 11.1. The molecule has 2 heterocycles.